The Hall–Kier alpha value is -2.34. The van der Waals surface area contributed by atoms with Crippen LogP contribution in [0.5, 0.6) is 0 Å². The van der Waals surface area contributed by atoms with Gasteiger partial charge in [0.2, 0.25) is 5.78 Å². The van der Waals surface area contributed by atoms with Crippen LogP contribution in [0.4, 0.5) is 105 Å². The van der Waals surface area contributed by atoms with Crippen molar-refractivity contribution in [2.24, 2.45) is 0 Å². The molecule has 0 aromatic heterocycles. The van der Waals surface area contributed by atoms with Gasteiger partial charge in [0.1, 0.15) is 0 Å². The van der Waals surface area contributed by atoms with Gasteiger partial charge in [-0.3, -0.25) is 9.59 Å². The van der Waals surface area contributed by atoms with Gasteiger partial charge < -0.3 is 0 Å². The van der Waals surface area contributed by atoms with Crippen molar-refractivity contribution >= 4 is 11.6 Å². The minimum absolute atomic E-state index is 4.56. The average molecular weight is 632 g/mol. The Bertz CT molecular complexity index is 770. The number of carbonyl (C=O) groups excluding carboxylic acids is 2. The highest BCUT2D eigenvalue weighted by atomic mass is 19.5. The van der Waals surface area contributed by atoms with Gasteiger partial charge >= 0.3 is 60.2 Å². The first-order chi connectivity index (χ1) is 15.8. The smallest absolute Gasteiger partial charge is 0.291 e. The third-order valence-corrected chi connectivity index (χ3v) is 3.54. The van der Waals surface area contributed by atoms with E-state index in [2.05, 4.69) is 0 Å². The highest BCUT2D eigenvalue weighted by Gasteiger charge is 2.89. The normalized spacial score (nSPS) is 15.6. The lowest BCUT2D eigenvalue weighted by Crippen LogP contribution is -2.71. The number of hydrogen-bond donors (Lipinski definition) is 0. The fourth-order valence-electron chi connectivity index (χ4n) is 1.69. The van der Waals surface area contributed by atoms with E-state index in [0.29, 0.717) is 0 Å². The quantitative estimate of drug-likeness (QED) is 0.310. The maximum Gasteiger partial charge on any atom is 0.454 e. The Morgan fingerprint density at radius 3 is 0.474 bits per heavy atom. The summed E-state index contributed by atoms with van der Waals surface area (Å²) in [7, 11) is 0. The summed E-state index contributed by atoms with van der Waals surface area (Å²) < 4.78 is 285. The van der Waals surface area contributed by atoms with Gasteiger partial charge in [-0.05, 0) is 0 Å². The van der Waals surface area contributed by atoms with Gasteiger partial charge in [-0.15, -0.1) is 0 Å². The minimum atomic E-state index is -7.72. The van der Waals surface area contributed by atoms with Crippen LogP contribution in [-0.2, 0) is 9.59 Å². The van der Waals surface area contributed by atoms with Crippen LogP contribution in [0.1, 0.15) is 0 Å². The second-order valence-corrected chi connectivity index (χ2v) is 6.12. The second-order valence-electron chi connectivity index (χ2n) is 6.12. The van der Waals surface area contributed by atoms with Crippen LogP contribution in [-0.4, -0.2) is 71.8 Å². The van der Waals surface area contributed by atoms with E-state index in [0.717, 1.165) is 0 Å². The fourth-order valence-corrected chi connectivity index (χ4v) is 1.69. The van der Waals surface area contributed by atoms with Crippen LogP contribution in [0.2, 0.25) is 0 Å². The number of Topliss-reactive ketones (excluding diaryl/α,β-unsaturated/α-hetero) is 2. The molecule has 26 heteroatoms. The van der Waals surface area contributed by atoms with Crippen molar-refractivity contribution in [3.05, 3.63) is 0 Å². The van der Waals surface area contributed by atoms with Crippen LogP contribution in [0.3, 0.4) is 0 Å². The molecular weight excluding hydrogens is 632 g/mol. The van der Waals surface area contributed by atoms with Crippen molar-refractivity contribution in [2.45, 2.75) is 60.2 Å². The molecule has 2 nitrogen and oxygen atoms in total. The SMILES string of the molecule is O=C(C(F)(C(F)(F)F)C(F)(F)F)C(F)(C(F)(F)F)C(F)(F)F.O=C(C(F)(F)F)C(F)(C(F)(F)F)C(F)(F)F. The van der Waals surface area contributed by atoms with Crippen molar-refractivity contribution < 1.29 is 115 Å². The van der Waals surface area contributed by atoms with E-state index in [-0.39, 0.29) is 0 Å². The van der Waals surface area contributed by atoms with E-state index >= 15 is 0 Å². The maximum atomic E-state index is 12.9. The molecule has 0 amide bonds. The van der Waals surface area contributed by atoms with E-state index in [1.54, 1.807) is 0 Å². The zero-order chi connectivity index (χ0) is 32.2. The van der Waals surface area contributed by atoms with E-state index in [4.69, 9.17) is 0 Å². The summed E-state index contributed by atoms with van der Waals surface area (Å²) in [6.45, 7) is 0. The van der Waals surface area contributed by atoms with E-state index < -0.39 is 71.8 Å². The zero-order valence-electron chi connectivity index (χ0n) is 15.9. The van der Waals surface area contributed by atoms with Crippen molar-refractivity contribution in [1.82, 2.24) is 0 Å². The minimum Gasteiger partial charge on any atom is -0.291 e. The molecule has 0 saturated heterocycles. The van der Waals surface area contributed by atoms with Gasteiger partial charge in [0.05, 0.1) is 0 Å². The Morgan fingerprint density at radius 1 is 0.263 bits per heavy atom. The van der Waals surface area contributed by atoms with Gasteiger partial charge in [-0.1, -0.05) is 0 Å². The molecule has 0 aromatic rings. The molecule has 0 aliphatic carbocycles. The highest BCUT2D eigenvalue weighted by Crippen LogP contribution is 2.56. The van der Waals surface area contributed by atoms with Gasteiger partial charge in [0, 0.05) is 0 Å². The number of carbonyl (C=O) groups is 2. The van der Waals surface area contributed by atoms with E-state index in [1.807, 2.05) is 0 Å². The van der Waals surface area contributed by atoms with Crippen LogP contribution in [0.25, 0.3) is 0 Å². The summed E-state index contributed by atoms with van der Waals surface area (Å²) in [5.41, 5.74) is -22.4. The van der Waals surface area contributed by atoms with Crippen molar-refractivity contribution in [2.75, 3.05) is 0 Å². The van der Waals surface area contributed by atoms with Gasteiger partial charge in [0.25, 0.3) is 5.78 Å². The Balaban J connectivity index is 0. The molecule has 0 bridgehead atoms. The van der Waals surface area contributed by atoms with Crippen LogP contribution in [0, 0.1) is 0 Å². The summed E-state index contributed by atoms with van der Waals surface area (Å²) in [5, 5.41) is 0. The number of alkyl halides is 24. The average Bonchev–Trinajstić information content (AvgIpc) is 2.58. The highest BCUT2D eigenvalue weighted by molar-refractivity contribution is 5.98. The Labute approximate surface area is 188 Å². The molecule has 0 fully saturated rings. The first-order valence-electron chi connectivity index (χ1n) is 7.44. The molecule has 0 spiro atoms. The molecule has 0 aliphatic heterocycles. The number of hydrogen-bond acceptors (Lipinski definition) is 2. The first kappa shape index (κ1) is 37.8. The summed E-state index contributed by atoms with van der Waals surface area (Å²) in [4.78, 5) is 20.3. The van der Waals surface area contributed by atoms with E-state index in [9.17, 15) is 115 Å². The van der Waals surface area contributed by atoms with Crippen molar-refractivity contribution in [3.63, 3.8) is 0 Å². The Kier molecular flexibility index (Phi) is 9.64. The van der Waals surface area contributed by atoms with Gasteiger partial charge in [0.15, 0.2) is 0 Å². The summed E-state index contributed by atoms with van der Waals surface area (Å²) >= 11 is 0. The third kappa shape index (κ3) is 6.27. The van der Waals surface area contributed by atoms with Gasteiger partial charge in [-0.25, -0.2) is 13.2 Å². The topological polar surface area (TPSA) is 34.1 Å². The molecule has 0 heterocycles. The predicted octanol–water partition coefficient (Wildman–Crippen LogP) is 7.17. The molecular formula is C12F24O2. The maximum absolute atomic E-state index is 12.9. The number of halogens is 24. The largest absolute Gasteiger partial charge is 0.454 e. The molecule has 0 aromatic carbocycles. The van der Waals surface area contributed by atoms with Gasteiger partial charge in [-0.2, -0.15) is 92.2 Å². The molecule has 228 valence electrons. The van der Waals surface area contributed by atoms with E-state index in [1.165, 1.54) is 0 Å². The first-order valence-corrected chi connectivity index (χ1v) is 7.44. The molecule has 0 atom stereocenters. The number of ketones is 2. The summed E-state index contributed by atoms with van der Waals surface area (Å²) in [6, 6.07) is 0. The molecule has 0 unspecified atom stereocenters. The second kappa shape index (κ2) is 9.69. The standard InChI is InChI=1S/C7F14O.C5F10O/c8-2(4(10,11)12,5(13,14)15)1(22)3(9,6(16,17)18)7(19,20)21;6-2(4(10,11)12,5(13,14)15)1(16)3(7,8)9. The lowest BCUT2D eigenvalue weighted by molar-refractivity contribution is -0.357. The van der Waals surface area contributed by atoms with Crippen molar-refractivity contribution in [1.29, 1.82) is 0 Å². The van der Waals surface area contributed by atoms with Crippen molar-refractivity contribution in [3.8, 4) is 0 Å². The summed E-state index contributed by atoms with van der Waals surface area (Å²) in [5.74, 6) is -9.99. The lowest BCUT2D eigenvalue weighted by atomic mass is 9.85. The lowest BCUT2D eigenvalue weighted by Gasteiger charge is -2.36. The zero-order valence-corrected chi connectivity index (χ0v) is 15.9. The monoisotopic (exact) mass is 632 g/mol. The Morgan fingerprint density at radius 2 is 0.395 bits per heavy atom. The molecule has 0 rings (SSSR count). The molecule has 0 saturated carbocycles. The number of rotatable bonds is 3. The van der Waals surface area contributed by atoms with Crippen LogP contribution in [0.15, 0.2) is 0 Å². The van der Waals surface area contributed by atoms with Crippen LogP contribution >= 0.6 is 0 Å². The molecule has 0 aliphatic rings. The third-order valence-electron chi connectivity index (χ3n) is 3.54. The predicted molar refractivity (Wildman–Crippen MR) is 63.9 cm³/mol. The molecule has 0 N–H and O–H groups in total. The fraction of sp³-hybridized carbons (Fsp3) is 0.833. The molecule has 0 radical (unpaired) electrons. The summed E-state index contributed by atoms with van der Waals surface area (Å²) in [6.07, 6.45) is -51.2. The molecule has 38 heavy (non-hydrogen) atoms. The van der Waals surface area contributed by atoms with Crippen LogP contribution < -0.4 is 0 Å².